The molecule has 6 heteroatoms. The van der Waals surface area contributed by atoms with E-state index in [1.165, 1.54) is 31.2 Å². The Hall–Kier alpha value is -2.40. The molecule has 0 aromatic heterocycles. The first-order valence-corrected chi connectivity index (χ1v) is 8.37. The van der Waals surface area contributed by atoms with Crippen molar-refractivity contribution in [1.82, 2.24) is 10.2 Å². The van der Waals surface area contributed by atoms with E-state index in [2.05, 4.69) is 5.32 Å². The molecule has 25 heavy (non-hydrogen) atoms. The van der Waals surface area contributed by atoms with Gasteiger partial charge >= 0.3 is 0 Å². The maximum absolute atomic E-state index is 12.9. The molecular formula is C19H20ClFN2O2. The van der Waals surface area contributed by atoms with Crippen molar-refractivity contribution in [3.05, 3.63) is 70.5 Å². The van der Waals surface area contributed by atoms with Crippen LogP contribution in [-0.4, -0.2) is 36.3 Å². The van der Waals surface area contributed by atoms with Gasteiger partial charge in [-0.15, -0.1) is 0 Å². The number of rotatable bonds is 7. The fraction of sp³-hybridized carbons (Fsp3) is 0.263. The molecule has 2 aromatic carbocycles. The summed E-state index contributed by atoms with van der Waals surface area (Å²) in [5.41, 5.74) is 1.47. The van der Waals surface area contributed by atoms with Gasteiger partial charge in [-0.2, -0.15) is 0 Å². The van der Waals surface area contributed by atoms with Crippen molar-refractivity contribution in [3.63, 3.8) is 0 Å². The highest BCUT2D eigenvalue weighted by Gasteiger charge is 2.10. The quantitative estimate of drug-likeness (QED) is 0.821. The van der Waals surface area contributed by atoms with Gasteiger partial charge in [0.15, 0.2) is 0 Å². The molecule has 0 spiro atoms. The van der Waals surface area contributed by atoms with Gasteiger partial charge in [0.1, 0.15) is 5.82 Å². The van der Waals surface area contributed by atoms with Crippen LogP contribution in [0, 0.1) is 5.82 Å². The van der Waals surface area contributed by atoms with Crippen LogP contribution in [0.5, 0.6) is 0 Å². The Labute approximate surface area is 151 Å². The summed E-state index contributed by atoms with van der Waals surface area (Å²) in [4.78, 5) is 25.4. The molecule has 0 fully saturated rings. The molecule has 0 aliphatic carbocycles. The first-order chi connectivity index (χ1) is 12.0. The summed E-state index contributed by atoms with van der Waals surface area (Å²) in [6.45, 7) is 2.80. The van der Waals surface area contributed by atoms with Crippen LogP contribution in [-0.2, 0) is 11.2 Å². The highest BCUT2D eigenvalue weighted by molar-refractivity contribution is 6.30. The third kappa shape index (κ3) is 6.19. The first kappa shape index (κ1) is 18.9. The van der Waals surface area contributed by atoms with E-state index >= 15 is 0 Å². The fourth-order valence-electron chi connectivity index (χ4n) is 2.35. The van der Waals surface area contributed by atoms with E-state index < -0.39 is 0 Å². The number of nitrogens with zero attached hydrogens (tertiary/aromatic N) is 1. The Balaban J connectivity index is 1.80. The highest BCUT2D eigenvalue weighted by Crippen LogP contribution is 2.10. The Kier molecular flexibility index (Phi) is 6.95. The molecule has 1 N–H and O–H groups in total. The molecule has 2 aromatic rings. The first-order valence-electron chi connectivity index (χ1n) is 7.99. The summed E-state index contributed by atoms with van der Waals surface area (Å²) in [5, 5.41) is 3.41. The van der Waals surface area contributed by atoms with Gasteiger partial charge in [-0.3, -0.25) is 9.59 Å². The number of carbonyl (C=O) groups excluding carboxylic acids is 2. The van der Waals surface area contributed by atoms with Gasteiger partial charge in [0.05, 0.1) is 0 Å². The third-order valence-electron chi connectivity index (χ3n) is 3.80. The number of amides is 2. The van der Waals surface area contributed by atoms with Crippen LogP contribution in [0.25, 0.3) is 0 Å². The number of hydrogen-bond acceptors (Lipinski definition) is 2. The lowest BCUT2D eigenvalue weighted by molar-refractivity contribution is -0.128. The maximum atomic E-state index is 12.9. The zero-order valence-electron chi connectivity index (χ0n) is 14.0. The van der Waals surface area contributed by atoms with Crippen LogP contribution >= 0.6 is 11.6 Å². The average Bonchev–Trinajstić information content (AvgIpc) is 2.59. The van der Waals surface area contributed by atoms with E-state index in [1.807, 2.05) is 24.3 Å². The molecule has 0 aliphatic rings. The molecule has 0 bridgehead atoms. The van der Waals surface area contributed by atoms with Gasteiger partial charge in [-0.1, -0.05) is 23.7 Å². The summed E-state index contributed by atoms with van der Waals surface area (Å²) >= 11 is 5.86. The lowest BCUT2D eigenvalue weighted by atomic mass is 10.1. The van der Waals surface area contributed by atoms with Gasteiger partial charge in [0.25, 0.3) is 5.91 Å². The molecule has 2 rings (SSSR count). The largest absolute Gasteiger partial charge is 0.350 e. The predicted molar refractivity (Wildman–Crippen MR) is 96.1 cm³/mol. The summed E-state index contributed by atoms with van der Waals surface area (Å²) in [6.07, 6.45) is 0.711. The second-order valence-electron chi connectivity index (χ2n) is 5.65. The minimum Gasteiger partial charge on any atom is -0.350 e. The van der Waals surface area contributed by atoms with E-state index in [9.17, 15) is 14.0 Å². The van der Waals surface area contributed by atoms with Crippen molar-refractivity contribution >= 4 is 23.4 Å². The molecule has 0 aliphatic heterocycles. The normalized spacial score (nSPS) is 10.4. The topological polar surface area (TPSA) is 49.4 Å². The van der Waals surface area contributed by atoms with E-state index in [0.717, 1.165) is 5.56 Å². The Morgan fingerprint density at radius 3 is 2.28 bits per heavy atom. The Bertz CT molecular complexity index is 717. The smallest absolute Gasteiger partial charge is 0.251 e. The Morgan fingerprint density at radius 2 is 1.68 bits per heavy atom. The van der Waals surface area contributed by atoms with E-state index in [4.69, 9.17) is 11.6 Å². The molecule has 0 radical (unpaired) electrons. The maximum Gasteiger partial charge on any atom is 0.251 e. The number of carbonyl (C=O) groups is 2. The molecule has 0 atom stereocenters. The second-order valence-corrected chi connectivity index (χ2v) is 6.08. The monoisotopic (exact) mass is 362 g/mol. The molecule has 4 nitrogen and oxygen atoms in total. The fourth-order valence-corrected chi connectivity index (χ4v) is 2.48. The zero-order chi connectivity index (χ0) is 18.2. The van der Waals surface area contributed by atoms with Crippen LogP contribution in [0.1, 0.15) is 22.8 Å². The SMILES string of the molecule is CC(=O)N(CCNC(=O)c1ccc(F)cc1)CCc1ccc(Cl)cc1. The van der Waals surface area contributed by atoms with Crippen molar-refractivity contribution in [1.29, 1.82) is 0 Å². The van der Waals surface area contributed by atoms with Crippen molar-refractivity contribution in [2.24, 2.45) is 0 Å². The molecule has 132 valence electrons. The predicted octanol–water partition coefficient (Wildman–Crippen LogP) is 3.30. The molecule has 0 unspecified atom stereocenters. The number of nitrogens with one attached hydrogen (secondary N) is 1. The van der Waals surface area contributed by atoms with Crippen LogP contribution in [0.3, 0.4) is 0 Å². The van der Waals surface area contributed by atoms with Crippen LogP contribution in [0.2, 0.25) is 5.02 Å². The van der Waals surface area contributed by atoms with Crippen molar-refractivity contribution in [3.8, 4) is 0 Å². The molecule has 0 saturated heterocycles. The van der Waals surface area contributed by atoms with E-state index in [-0.39, 0.29) is 17.6 Å². The molecule has 0 heterocycles. The number of halogens is 2. The van der Waals surface area contributed by atoms with Gasteiger partial charge in [-0.05, 0) is 48.4 Å². The summed E-state index contributed by atoms with van der Waals surface area (Å²) in [6, 6.07) is 12.8. The van der Waals surface area contributed by atoms with E-state index in [1.54, 1.807) is 4.90 Å². The van der Waals surface area contributed by atoms with E-state index in [0.29, 0.717) is 36.6 Å². The second kappa shape index (κ2) is 9.18. The van der Waals surface area contributed by atoms with Gasteiger partial charge in [0.2, 0.25) is 5.91 Å². The minimum atomic E-state index is -0.387. The van der Waals surface area contributed by atoms with Gasteiger partial charge < -0.3 is 10.2 Å². The van der Waals surface area contributed by atoms with Crippen molar-refractivity contribution in [2.45, 2.75) is 13.3 Å². The Morgan fingerprint density at radius 1 is 1.04 bits per heavy atom. The standard InChI is InChI=1S/C19H20ClFN2O2/c1-14(24)23(12-10-15-2-6-17(20)7-3-15)13-11-22-19(25)16-4-8-18(21)9-5-16/h2-9H,10-13H2,1H3,(H,22,25). The summed E-state index contributed by atoms with van der Waals surface area (Å²) < 4.78 is 12.9. The van der Waals surface area contributed by atoms with Crippen LogP contribution < -0.4 is 5.32 Å². The lowest BCUT2D eigenvalue weighted by Crippen LogP contribution is -2.38. The van der Waals surface area contributed by atoms with Gasteiger partial charge in [-0.25, -0.2) is 4.39 Å². The minimum absolute atomic E-state index is 0.0509. The summed E-state index contributed by atoms with van der Waals surface area (Å²) in [5.74, 6) is -0.729. The van der Waals surface area contributed by atoms with Crippen molar-refractivity contribution in [2.75, 3.05) is 19.6 Å². The number of hydrogen-bond donors (Lipinski definition) is 1. The number of benzene rings is 2. The zero-order valence-corrected chi connectivity index (χ0v) is 14.7. The molecule has 2 amide bonds. The van der Waals surface area contributed by atoms with Crippen LogP contribution in [0.4, 0.5) is 4.39 Å². The van der Waals surface area contributed by atoms with Crippen LogP contribution in [0.15, 0.2) is 48.5 Å². The molecular weight excluding hydrogens is 343 g/mol. The van der Waals surface area contributed by atoms with Gasteiger partial charge in [0, 0.05) is 37.1 Å². The third-order valence-corrected chi connectivity index (χ3v) is 4.05. The van der Waals surface area contributed by atoms with Crippen molar-refractivity contribution < 1.29 is 14.0 Å². The summed E-state index contributed by atoms with van der Waals surface area (Å²) in [7, 11) is 0. The highest BCUT2D eigenvalue weighted by atomic mass is 35.5. The molecule has 0 saturated carbocycles. The average molecular weight is 363 g/mol. The lowest BCUT2D eigenvalue weighted by Gasteiger charge is -2.21.